The Morgan fingerprint density at radius 3 is 3.09 bits per heavy atom. The highest BCUT2D eigenvalue weighted by Crippen LogP contribution is 2.28. The molecule has 22 heavy (non-hydrogen) atoms. The van der Waals surface area contributed by atoms with Crippen molar-refractivity contribution in [1.82, 2.24) is 14.4 Å². The third-order valence-electron chi connectivity index (χ3n) is 4.16. The molecule has 0 spiro atoms. The van der Waals surface area contributed by atoms with Crippen molar-refractivity contribution in [2.45, 2.75) is 18.9 Å². The van der Waals surface area contributed by atoms with E-state index in [0.29, 0.717) is 24.4 Å². The number of hydrogen-bond acceptors (Lipinski definition) is 4. The Morgan fingerprint density at radius 1 is 1.45 bits per heavy atom. The Morgan fingerprint density at radius 2 is 2.32 bits per heavy atom. The van der Waals surface area contributed by atoms with Crippen molar-refractivity contribution in [3.63, 3.8) is 0 Å². The molecule has 1 aromatic carbocycles. The summed E-state index contributed by atoms with van der Waals surface area (Å²) in [7, 11) is 1.61. The molecule has 0 radical (unpaired) electrons. The van der Waals surface area contributed by atoms with E-state index in [1.165, 1.54) is 0 Å². The standard InChI is InChI=1S/C16H17N3O3/c1-21-9-12-14-16(20)18-11-4-2-3-5-13(11)19(14)15(17-12)10-6-7-22-8-10/h2-5,10H,6-9H2,1H3,(H,18,20). The van der Waals surface area contributed by atoms with Crippen LogP contribution >= 0.6 is 0 Å². The molecule has 0 saturated carbocycles. The smallest absolute Gasteiger partial charge is 0.274 e. The number of imidazole rings is 1. The van der Waals surface area contributed by atoms with Crippen molar-refractivity contribution in [2.24, 2.45) is 0 Å². The predicted molar refractivity (Wildman–Crippen MR) is 82.2 cm³/mol. The van der Waals surface area contributed by atoms with Crippen LogP contribution in [0.15, 0.2) is 29.1 Å². The fraction of sp³-hybridized carbons (Fsp3) is 0.375. The summed E-state index contributed by atoms with van der Waals surface area (Å²) in [6, 6.07) is 7.78. The average Bonchev–Trinajstić information content (AvgIpc) is 3.15. The number of H-pyrrole nitrogens is 1. The Labute approximate surface area is 126 Å². The minimum absolute atomic E-state index is 0.136. The van der Waals surface area contributed by atoms with Gasteiger partial charge in [0.1, 0.15) is 11.3 Å². The molecule has 0 amide bonds. The fourth-order valence-electron chi connectivity index (χ4n) is 3.17. The second-order valence-electron chi connectivity index (χ2n) is 5.57. The third kappa shape index (κ3) is 1.95. The maximum atomic E-state index is 12.5. The molecule has 4 rings (SSSR count). The van der Waals surface area contributed by atoms with Crippen molar-refractivity contribution >= 4 is 16.6 Å². The van der Waals surface area contributed by atoms with Crippen LogP contribution in [0.2, 0.25) is 0 Å². The Kier molecular flexibility index (Phi) is 3.20. The van der Waals surface area contributed by atoms with Crippen molar-refractivity contribution in [1.29, 1.82) is 0 Å². The summed E-state index contributed by atoms with van der Waals surface area (Å²) in [6.45, 7) is 1.70. The normalized spacial score (nSPS) is 18.5. The summed E-state index contributed by atoms with van der Waals surface area (Å²) in [6.07, 6.45) is 0.923. The quantitative estimate of drug-likeness (QED) is 0.801. The minimum Gasteiger partial charge on any atom is -0.381 e. The van der Waals surface area contributed by atoms with Crippen LogP contribution in [-0.2, 0) is 16.1 Å². The minimum atomic E-state index is -0.136. The molecule has 6 heteroatoms. The van der Waals surface area contributed by atoms with Gasteiger partial charge in [0.25, 0.3) is 5.56 Å². The number of methoxy groups -OCH3 is 1. The summed E-state index contributed by atoms with van der Waals surface area (Å²) in [5.74, 6) is 1.10. The van der Waals surface area contributed by atoms with Crippen LogP contribution < -0.4 is 5.56 Å². The van der Waals surface area contributed by atoms with Gasteiger partial charge in [-0.1, -0.05) is 12.1 Å². The van der Waals surface area contributed by atoms with E-state index in [9.17, 15) is 4.79 Å². The molecule has 1 fully saturated rings. The molecule has 3 aromatic rings. The van der Waals surface area contributed by atoms with Gasteiger partial charge in [0.15, 0.2) is 0 Å². The van der Waals surface area contributed by atoms with E-state index in [1.54, 1.807) is 7.11 Å². The number of aromatic amines is 1. The van der Waals surface area contributed by atoms with Crippen LogP contribution in [0.4, 0.5) is 0 Å². The lowest BCUT2D eigenvalue weighted by Gasteiger charge is -2.09. The molecular formula is C16H17N3O3. The molecule has 1 atom stereocenters. The SMILES string of the molecule is COCc1nc(C2CCOC2)n2c1c(=O)[nH]c1ccccc12. The molecule has 0 bridgehead atoms. The van der Waals surface area contributed by atoms with Gasteiger partial charge < -0.3 is 14.5 Å². The number of hydrogen-bond donors (Lipinski definition) is 1. The molecule has 1 saturated heterocycles. The van der Waals surface area contributed by atoms with Gasteiger partial charge in [-0.2, -0.15) is 0 Å². The number of ether oxygens (including phenoxy) is 2. The summed E-state index contributed by atoms with van der Waals surface area (Å²) < 4.78 is 12.7. The monoisotopic (exact) mass is 299 g/mol. The highest BCUT2D eigenvalue weighted by atomic mass is 16.5. The van der Waals surface area contributed by atoms with Gasteiger partial charge >= 0.3 is 0 Å². The summed E-state index contributed by atoms with van der Waals surface area (Å²) in [5.41, 5.74) is 2.87. The summed E-state index contributed by atoms with van der Waals surface area (Å²) in [4.78, 5) is 20.2. The zero-order valence-corrected chi connectivity index (χ0v) is 12.3. The Bertz CT molecular complexity index is 891. The van der Waals surface area contributed by atoms with E-state index in [4.69, 9.17) is 14.5 Å². The molecule has 1 aliphatic heterocycles. The molecule has 114 valence electrons. The zero-order valence-electron chi connectivity index (χ0n) is 12.3. The van der Waals surface area contributed by atoms with Crippen molar-refractivity contribution in [2.75, 3.05) is 20.3 Å². The topological polar surface area (TPSA) is 68.6 Å². The zero-order chi connectivity index (χ0) is 15.1. The van der Waals surface area contributed by atoms with E-state index < -0.39 is 0 Å². The highest BCUT2D eigenvalue weighted by molar-refractivity contribution is 5.79. The van der Waals surface area contributed by atoms with Gasteiger partial charge in [0.2, 0.25) is 0 Å². The first-order valence-corrected chi connectivity index (χ1v) is 7.38. The lowest BCUT2D eigenvalue weighted by molar-refractivity contribution is 0.182. The number of para-hydroxylation sites is 2. The van der Waals surface area contributed by atoms with Gasteiger partial charge in [-0.05, 0) is 18.6 Å². The van der Waals surface area contributed by atoms with Crippen LogP contribution in [0.1, 0.15) is 23.9 Å². The first kappa shape index (κ1) is 13.5. The lowest BCUT2D eigenvalue weighted by Crippen LogP contribution is -2.13. The molecule has 2 aromatic heterocycles. The van der Waals surface area contributed by atoms with Crippen LogP contribution in [-0.4, -0.2) is 34.7 Å². The molecule has 6 nitrogen and oxygen atoms in total. The van der Waals surface area contributed by atoms with E-state index in [-0.39, 0.29) is 11.5 Å². The first-order valence-electron chi connectivity index (χ1n) is 7.38. The third-order valence-corrected chi connectivity index (χ3v) is 4.16. The molecule has 1 N–H and O–H groups in total. The van der Waals surface area contributed by atoms with Gasteiger partial charge in [-0.25, -0.2) is 4.98 Å². The Balaban J connectivity index is 2.11. The fourth-order valence-corrected chi connectivity index (χ4v) is 3.17. The predicted octanol–water partition coefficient (Wildman–Crippen LogP) is 1.83. The highest BCUT2D eigenvalue weighted by Gasteiger charge is 2.26. The maximum Gasteiger partial charge on any atom is 0.274 e. The maximum absolute atomic E-state index is 12.5. The van der Waals surface area contributed by atoms with E-state index in [2.05, 4.69) is 4.98 Å². The van der Waals surface area contributed by atoms with Crippen molar-refractivity contribution in [3.8, 4) is 0 Å². The first-order chi connectivity index (χ1) is 10.8. The van der Waals surface area contributed by atoms with Crippen molar-refractivity contribution < 1.29 is 9.47 Å². The molecule has 1 unspecified atom stereocenters. The number of aromatic nitrogens is 3. The summed E-state index contributed by atoms with van der Waals surface area (Å²) in [5, 5.41) is 0. The molecule has 0 aliphatic carbocycles. The number of nitrogens with one attached hydrogen (secondary N) is 1. The Hall–Kier alpha value is -2.18. The number of rotatable bonds is 3. The van der Waals surface area contributed by atoms with Crippen LogP contribution in [0, 0.1) is 0 Å². The van der Waals surface area contributed by atoms with E-state index in [0.717, 1.165) is 29.9 Å². The van der Waals surface area contributed by atoms with Gasteiger partial charge in [-0.3, -0.25) is 9.20 Å². The molecule has 3 heterocycles. The summed E-state index contributed by atoms with van der Waals surface area (Å²) >= 11 is 0. The van der Waals surface area contributed by atoms with Crippen molar-refractivity contribution in [3.05, 3.63) is 46.1 Å². The van der Waals surface area contributed by atoms with Crippen LogP contribution in [0.3, 0.4) is 0 Å². The second kappa shape index (κ2) is 5.23. The number of benzene rings is 1. The van der Waals surface area contributed by atoms with E-state index in [1.807, 2.05) is 28.7 Å². The molecule has 1 aliphatic rings. The van der Waals surface area contributed by atoms with Crippen LogP contribution in [0.25, 0.3) is 16.6 Å². The van der Waals surface area contributed by atoms with E-state index >= 15 is 0 Å². The molecular weight excluding hydrogens is 282 g/mol. The van der Waals surface area contributed by atoms with Gasteiger partial charge in [0.05, 0.1) is 29.9 Å². The largest absolute Gasteiger partial charge is 0.381 e. The van der Waals surface area contributed by atoms with Crippen LogP contribution in [0.5, 0.6) is 0 Å². The number of fused-ring (bicyclic) bond motifs is 3. The second-order valence-corrected chi connectivity index (χ2v) is 5.57. The number of nitrogens with zero attached hydrogens (tertiary/aromatic N) is 2. The van der Waals surface area contributed by atoms with Gasteiger partial charge in [0, 0.05) is 19.6 Å². The van der Waals surface area contributed by atoms with Gasteiger partial charge in [-0.15, -0.1) is 0 Å². The lowest BCUT2D eigenvalue weighted by atomic mass is 10.1. The average molecular weight is 299 g/mol.